The van der Waals surface area contributed by atoms with Gasteiger partial charge in [-0.1, -0.05) is 67.8 Å². The maximum atomic E-state index is 6.55. The molecule has 0 aliphatic rings. The largest absolute Gasteiger partial charge is 0.385 e. The Morgan fingerprint density at radius 1 is 0.962 bits per heavy atom. The molecule has 26 heavy (non-hydrogen) atoms. The molecule has 0 heterocycles. The van der Waals surface area contributed by atoms with Gasteiger partial charge in [0.25, 0.3) is 0 Å². The molecule has 1 atom stereocenters. The van der Waals surface area contributed by atoms with Crippen LogP contribution >= 0.6 is 11.6 Å². The van der Waals surface area contributed by atoms with E-state index in [0.717, 1.165) is 42.0 Å². The molecule has 2 aromatic rings. The maximum Gasteiger partial charge on any atom is 0.0633 e. The highest BCUT2D eigenvalue weighted by Gasteiger charge is 2.10. The molecule has 0 bridgehead atoms. The van der Waals surface area contributed by atoms with Crippen LogP contribution in [0.1, 0.15) is 43.7 Å². The van der Waals surface area contributed by atoms with Gasteiger partial charge < -0.3 is 9.47 Å². The van der Waals surface area contributed by atoms with Crippen molar-refractivity contribution in [2.24, 2.45) is 0 Å². The monoisotopic (exact) mass is 374 g/mol. The third-order valence-electron chi connectivity index (χ3n) is 4.81. The first-order chi connectivity index (χ1) is 12.7. The highest BCUT2D eigenvalue weighted by atomic mass is 35.5. The molecule has 2 rings (SSSR count). The minimum atomic E-state index is 0.187. The van der Waals surface area contributed by atoms with Gasteiger partial charge in [-0.3, -0.25) is 0 Å². The van der Waals surface area contributed by atoms with Gasteiger partial charge in [0.05, 0.1) is 6.10 Å². The van der Waals surface area contributed by atoms with Crippen molar-refractivity contribution in [3.05, 3.63) is 58.6 Å². The van der Waals surface area contributed by atoms with E-state index in [1.807, 2.05) is 0 Å². The second-order valence-corrected chi connectivity index (χ2v) is 7.22. The molecule has 3 heteroatoms. The first-order valence-electron chi connectivity index (χ1n) is 9.57. The van der Waals surface area contributed by atoms with Gasteiger partial charge in [-0.25, -0.2) is 0 Å². The minimum absolute atomic E-state index is 0.187. The van der Waals surface area contributed by atoms with Crippen molar-refractivity contribution in [1.82, 2.24) is 0 Å². The summed E-state index contributed by atoms with van der Waals surface area (Å²) >= 11 is 6.55. The van der Waals surface area contributed by atoms with Gasteiger partial charge in [0, 0.05) is 31.4 Å². The Morgan fingerprint density at radius 2 is 1.69 bits per heavy atom. The molecule has 0 aromatic heterocycles. The zero-order valence-electron chi connectivity index (χ0n) is 16.3. The SMILES string of the molecule is CCCCCc1ccc(-c2ccc(CC(CCOC)OC)cc2)c(Cl)c1. The van der Waals surface area contributed by atoms with E-state index in [-0.39, 0.29) is 6.10 Å². The van der Waals surface area contributed by atoms with E-state index in [1.54, 1.807) is 14.2 Å². The van der Waals surface area contributed by atoms with Gasteiger partial charge in [-0.15, -0.1) is 0 Å². The molecule has 0 aliphatic carbocycles. The molecule has 0 radical (unpaired) electrons. The van der Waals surface area contributed by atoms with Gasteiger partial charge in [-0.2, -0.15) is 0 Å². The molecule has 0 aliphatic heterocycles. The van der Waals surface area contributed by atoms with Crippen molar-refractivity contribution in [1.29, 1.82) is 0 Å². The lowest BCUT2D eigenvalue weighted by Crippen LogP contribution is -2.16. The van der Waals surface area contributed by atoms with Crippen LogP contribution in [0.2, 0.25) is 5.02 Å². The number of benzene rings is 2. The third kappa shape index (κ3) is 6.42. The molecular formula is C23H31ClO2. The highest BCUT2D eigenvalue weighted by molar-refractivity contribution is 6.33. The van der Waals surface area contributed by atoms with Crippen LogP contribution in [-0.4, -0.2) is 26.9 Å². The van der Waals surface area contributed by atoms with E-state index >= 15 is 0 Å². The zero-order chi connectivity index (χ0) is 18.8. The van der Waals surface area contributed by atoms with Gasteiger partial charge >= 0.3 is 0 Å². The summed E-state index contributed by atoms with van der Waals surface area (Å²) in [5.74, 6) is 0. The number of unbranched alkanes of at least 4 members (excludes halogenated alkanes) is 2. The predicted octanol–water partition coefficient (Wildman–Crippen LogP) is 6.33. The lowest BCUT2D eigenvalue weighted by molar-refractivity contribution is 0.0668. The Morgan fingerprint density at radius 3 is 2.31 bits per heavy atom. The van der Waals surface area contributed by atoms with E-state index in [9.17, 15) is 0 Å². The zero-order valence-corrected chi connectivity index (χ0v) is 17.0. The van der Waals surface area contributed by atoms with Crippen molar-refractivity contribution in [3.63, 3.8) is 0 Å². The molecule has 0 spiro atoms. The Hall–Kier alpha value is -1.35. The van der Waals surface area contributed by atoms with Gasteiger partial charge in [-0.05, 0) is 48.4 Å². The van der Waals surface area contributed by atoms with E-state index in [1.165, 1.54) is 30.4 Å². The van der Waals surface area contributed by atoms with Crippen LogP contribution in [0.5, 0.6) is 0 Å². The molecule has 0 saturated carbocycles. The van der Waals surface area contributed by atoms with Crippen molar-refractivity contribution in [2.45, 2.75) is 51.6 Å². The van der Waals surface area contributed by atoms with E-state index in [2.05, 4.69) is 49.4 Å². The third-order valence-corrected chi connectivity index (χ3v) is 5.12. The molecule has 0 saturated heterocycles. The Labute approximate surface area is 163 Å². The summed E-state index contributed by atoms with van der Waals surface area (Å²) in [4.78, 5) is 0. The fraction of sp³-hybridized carbons (Fsp3) is 0.478. The van der Waals surface area contributed by atoms with Crippen molar-refractivity contribution in [3.8, 4) is 11.1 Å². The van der Waals surface area contributed by atoms with Gasteiger partial charge in [0.1, 0.15) is 0 Å². The summed E-state index contributed by atoms with van der Waals surface area (Å²) in [7, 11) is 3.48. The fourth-order valence-corrected chi connectivity index (χ4v) is 3.48. The van der Waals surface area contributed by atoms with Crippen molar-refractivity contribution >= 4 is 11.6 Å². The summed E-state index contributed by atoms with van der Waals surface area (Å²) in [5, 5.41) is 0.835. The van der Waals surface area contributed by atoms with E-state index in [4.69, 9.17) is 21.1 Å². The fourth-order valence-electron chi connectivity index (χ4n) is 3.16. The minimum Gasteiger partial charge on any atom is -0.385 e. The number of hydrogen-bond donors (Lipinski definition) is 0. The number of ether oxygens (including phenoxy) is 2. The number of halogens is 1. The molecule has 2 aromatic carbocycles. The average molecular weight is 375 g/mol. The van der Waals surface area contributed by atoms with Crippen molar-refractivity contribution in [2.75, 3.05) is 20.8 Å². The Balaban J connectivity index is 2.03. The number of hydrogen-bond acceptors (Lipinski definition) is 2. The highest BCUT2D eigenvalue weighted by Crippen LogP contribution is 2.29. The topological polar surface area (TPSA) is 18.5 Å². The average Bonchev–Trinajstić information content (AvgIpc) is 2.66. The normalized spacial score (nSPS) is 12.3. The van der Waals surface area contributed by atoms with Crippen LogP contribution in [0.15, 0.2) is 42.5 Å². The van der Waals surface area contributed by atoms with E-state index < -0.39 is 0 Å². The maximum absolute atomic E-state index is 6.55. The van der Waals surface area contributed by atoms with Crippen LogP contribution in [-0.2, 0) is 22.3 Å². The van der Waals surface area contributed by atoms with Crippen LogP contribution in [0.25, 0.3) is 11.1 Å². The van der Waals surface area contributed by atoms with Crippen LogP contribution in [0, 0.1) is 0 Å². The summed E-state index contributed by atoms with van der Waals surface area (Å²) in [6.07, 6.45) is 6.83. The summed E-state index contributed by atoms with van der Waals surface area (Å²) < 4.78 is 10.7. The molecule has 0 amide bonds. The standard InChI is InChI=1S/C23H31ClO2/c1-4-5-6-7-18-10-13-22(23(24)17-18)20-11-8-19(9-12-20)16-21(26-3)14-15-25-2/h8-13,17,21H,4-7,14-16H2,1-3H3. The second-order valence-electron chi connectivity index (χ2n) is 6.81. The second kappa shape index (κ2) is 11.4. The lowest BCUT2D eigenvalue weighted by atomic mass is 9.98. The Kier molecular flexibility index (Phi) is 9.17. The summed E-state index contributed by atoms with van der Waals surface area (Å²) in [5.41, 5.74) is 4.85. The molecule has 1 unspecified atom stereocenters. The molecule has 142 valence electrons. The molecule has 0 N–H and O–H groups in total. The van der Waals surface area contributed by atoms with Crippen LogP contribution in [0.3, 0.4) is 0 Å². The number of rotatable bonds is 11. The molecule has 0 fully saturated rings. The van der Waals surface area contributed by atoms with Gasteiger partial charge in [0.2, 0.25) is 0 Å². The predicted molar refractivity (Wildman–Crippen MR) is 111 cm³/mol. The first-order valence-corrected chi connectivity index (χ1v) is 9.95. The van der Waals surface area contributed by atoms with Gasteiger partial charge in [0.15, 0.2) is 0 Å². The molecular weight excluding hydrogens is 344 g/mol. The van der Waals surface area contributed by atoms with Crippen LogP contribution in [0.4, 0.5) is 0 Å². The van der Waals surface area contributed by atoms with E-state index in [0.29, 0.717) is 0 Å². The summed E-state index contributed by atoms with van der Waals surface area (Å²) in [6, 6.07) is 15.1. The lowest BCUT2D eigenvalue weighted by Gasteiger charge is -2.15. The molecule has 2 nitrogen and oxygen atoms in total. The Bertz CT molecular complexity index is 652. The quantitative estimate of drug-likeness (QED) is 0.427. The number of aryl methyl sites for hydroxylation is 1. The van der Waals surface area contributed by atoms with Crippen LogP contribution < -0.4 is 0 Å². The summed E-state index contributed by atoms with van der Waals surface area (Å²) in [6.45, 7) is 2.95. The number of methoxy groups -OCH3 is 2. The smallest absolute Gasteiger partial charge is 0.0633 e. The first kappa shape index (κ1) is 21.0. The van der Waals surface area contributed by atoms with Crippen molar-refractivity contribution < 1.29 is 9.47 Å².